The zero-order valence-corrected chi connectivity index (χ0v) is 14.3. The predicted octanol–water partition coefficient (Wildman–Crippen LogP) is 3.47. The van der Waals surface area contributed by atoms with Crippen molar-refractivity contribution < 1.29 is 4.79 Å². The topological polar surface area (TPSA) is 51.0 Å². The number of anilines is 1. The molecule has 5 heteroatoms. The summed E-state index contributed by atoms with van der Waals surface area (Å²) in [5, 5.41) is 4.33. The fourth-order valence-corrected chi connectivity index (χ4v) is 2.70. The van der Waals surface area contributed by atoms with Crippen LogP contribution in [0.4, 0.5) is 5.69 Å². The van der Waals surface area contributed by atoms with Crippen molar-refractivity contribution in [1.29, 1.82) is 0 Å². The molecule has 0 aliphatic carbocycles. The molecule has 2 aromatic heterocycles. The first-order valence-corrected chi connectivity index (χ1v) is 7.80. The molecule has 1 aromatic carbocycles. The van der Waals surface area contributed by atoms with Crippen LogP contribution in [0.5, 0.6) is 0 Å². The Morgan fingerprint density at radius 3 is 2.62 bits per heavy atom. The molecule has 5 nitrogen and oxygen atoms in total. The van der Waals surface area contributed by atoms with Crippen molar-refractivity contribution in [1.82, 2.24) is 14.8 Å². The van der Waals surface area contributed by atoms with Crippen LogP contribution >= 0.6 is 0 Å². The van der Waals surface area contributed by atoms with Crippen LogP contribution in [0.15, 0.2) is 48.8 Å². The van der Waals surface area contributed by atoms with Gasteiger partial charge >= 0.3 is 0 Å². The minimum absolute atomic E-state index is 0.0802. The molecule has 2 heterocycles. The summed E-state index contributed by atoms with van der Waals surface area (Å²) >= 11 is 0. The van der Waals surface area contributed by atoms with Crippen molar-refractivity contribution in [2.24, 2.45) is 0 Å². The van der Waals surface area contributed by atoms with Gasteiger partial charge in [0.05, 0.1) is 17.5 Å². The molecule has 0 spiro atoms. The highest BCUT2D eigenvalue weighted by Crippen LogP contribution is 2.23. The van der Waals surface area contributed by atoms with Crippen LogP contribution in [0.2, 0.25) is 0 Å². The highest BCUT2D eigenvalue weighted by Gasteiger charge is 2.21. The smallest absolute Gasteiger partial charge is 0.261 e. The number of nitrogens with zero attached hydrogens (tertiary/aromatic N) is 4. The Bertz CT molecular complexity index is 884. The normalized spacial score (nSPS) is 10.7. The summed E-state index contributed by atoms with van der Waals surface area (Å²) in [5.41, 5.74) is 4.44. The van der Waals surface area contributed by atoms with Crippen LogP contribution in [0.25, 0.3) is 5.82 Å². The molecule has 24 heavy (non-hydrogen) atoms. The number of amides is 1. The highest BCUT2D eigenvalue weighted by molar-refractivity contribution is 6.06. The van der Waals surface area contributed by atoms with Gasteiger partial charge in [-0.3, -0.25) is 4.79 Å². The number of pyridine rings is 1. The third kappa shape index (κ3) is 2.80. The van der Waals surface area contributed by atoms with E-state index in [-0.39, 0.29) is 5.91 Å². The van der Waals surface area contributed by atoms with E-state index >= 15 is 0 Å². The molecule has 0 saturated heterocycles. The van der Waals surface area contributed by atoms with Gasteiger partial charge in [0, 0.05) is 18.9 Å². The third-order valence-electron chi connectivity index (χ3n) is 4.14. The minimum Gasteiger partial charge on any atom is -0.311 e. The van der Waals surface area contributed by atoms with Gasteiger partial charge in [-0.25, -0.2) is 9.67 Å². The van der Waals surface area contributed by atoms with E-state index < -0.39 is 0 Å². The van der Waals surface area contributed by atoms with E-state index in [9.17, 15) is 4.79 Å². The Labute approximate surface area is 141 Å². The van der Waals surface area contributed by atoms with E-state index in [1.165, 1.54) is 0 Å². The molecule has 3 aromatic rings. The van der Waals surface area contributed by atoms with Gasteiger partial charge in [0.2, 0.25) is 0 Å². The lowest BCUT2D eigenvalue weighted by atomic mass is 10.1. The second kappa shape index (κ2) is 6.28. The Morgan fingerprint density at radius 1 is 1.12 bits per heavy atom. The lowest BCUT2D eigenvalue weighted by Crippen LogP contribution is -2.27. The molecule has 0 saturated carbocycles. The van der Waals surface area contributed by atoms with E-state index in [4.69, 9.17) is 0 Å². The second-order valence-electron chi connectivity index (χ2n) is 5.90. The molecule has 0 aliphatic rings. The van der Waals surface area contributed by atoms with Crippen LogP contribution in [0.3, 0.4) is 0 Å². The van der Waals surface area contributed by atoms with Crippen molar-refractivity contribution in [3.8, 4) is 5.82 Å². The summed E-state index contributed by atoms with van der Waals surface area (Å²) in [6.45, 7) is 5.90. The maximum atomic E-state index is 12.9. The fraction of sp³-hybridized carbons (Fsp3) is 0.211. The van der Waals surface area contributed by atoms with Crippen molar-refractivity contribution in [2.45, 2.75) is 20.8 Å². The number of carbonyl (C=O) groups excluding carboxylic acids is 1. The van der Waals surface area contributed by atoms with E-state index in [2.05, 4.69) is 10.1 Å². The average Bonchev–Trinajstić information content (AvgIpc) is 2.98. The molecule has 3 rings (SSSR count). The maximum Gasteiger partial charge on any atom is 0.261 e. The van der Waals surface area contributed by atoms with Gasteiger partial charge in [0.25, 0.3) is 5.91 Å². The standard InChI is InChI=1S/C19H20N4O/c1-13-8-9-14(2)17(11-13)22(4)19(24)16-12-21-23(15(16)3)18-7-5-6-10-20-18/h5-12H,1-4H3. The van der Waals surface area contributed by atoms with Crippen LogP contribution in [0, 0.1) is 20.8 Å². The fourth-order valence-electron chi connectivity index (χ4n) is 2.70. The van der Waals surface area contributed by atoms with Crippen molar-refractivity contribution in [3.63, 3.8) is 0 Å². The largest absolute Gasteiger partial charge is 0.311 e. The molecule has 0 radical (unpaired) electrons. The third-order valence-corrected chi connectivity index (χ3v) is 4.14. The Morgan fingerprint density at radius 2 is 1.92 bits per heavy atom. The first-order valence-electron chi connectivity index (χ1n) is 7.80. The van der Waals surface area contributed by atoms with E-state index in [1.807, 2.05) is 57.2 Å². The van der Waals surface area contributed by atoms with Gasteiger partial charge in [0.1, 0.15) is 0 Å². The van der Waals surface area contributed by atoms with Gasteiger partial charge in [-0.15, -0.1) is 0 Å². The maximum absolute atomic E-state index is 12.9. The van der Waals surface area contributed by atoms with Crippen LogP contribution in [-0.2, 0) is 0 Å². The van der Waals surface area contributed by atoms with Crippen molar-refractivity contribution in [3.05, 3.63) is 71.2 Å². The summed E-state index contributed by atoms with van der Waals surface area (Å²) in [5.74, 6) is 0.617. The minimum atomic E-state index is -0.0802. The Hall–Kier alpha value is -2.95. The molecule has 0 unspecified atom stereocenters. The predicted molar refractivity (Wildman–Crippen MR) is 94.7 cm³/mol. The van der Waals surface area contributed by atoms with Gasteiger partial charge in [-0.1, -0.05) is 18.2 Å². The molecule has 1 amide bonds. The van der Waals surface area contributed by atoms with E-state index in [1.54, 1.807) is 29.0 Å². The van der Waals surface area contributed by atoms with E-state index in [0.29, 0.717) is 11.4 Å². The Balaban J connectivity index is 1.96. The number of aromatic nitrogens is 3. The van der Waals surface area contributed by atoms with Crippen molar-refractivity contribution in [2.75, 3.05) is 11.9 Å². The molecule has 0 bridgehead atoms. The van der Waals surface area contributed by atoms with Crippen LogP contribution in [-0.4, -0.2) is 27.7 Å². The first kappa shape index (κ1) is 15.9. The number of carbonyl (C=O) groups is 1. The molecule has 0 aliphatic heterocycles. The average molecular weight is 320 g/mol. The van der Waals surface area contributed by atoms with E-state index in [0.717, 1.165) is 22.5 Å². The first-order chi connectivity index (χ1) is 11.5. The van der Waals surface area contributed by atoms with Crippen LogP contribution in [0.1, 0.15) is 27.2 Å². The molecular formula is C19H20N4O. The number of hydrogen-bond acceptors (Lipinski definition) is 3. The Kier molecular flexibility index (Phi) is 4.16. The monoisotopic (exact) mass is 320 g/mol. The lowest BCUT2D eigenvalue weighted by Gasteiger charge is -2.20. The lowest BCUT2D eigenvalue weighted by molar-refractivity contribution is 0.0992. The number of benzene rings is 1. The highest BCUT2D eigenvalue weighted by atomic mass is 16.2. The van der Waals surface area contributed by atoms with Gasteiger partial charge < -0.3 is 4.90 Å². The zero-order chi connectivity index (χ0) is 17.3. The van der Waals surface area contributed by atoms with Gasteiger partial charge in [-0.05, 0) is 50.1 Å². The molecule has 0 fully saturated rings. The van der Waals surface area contributed by atoms with Crippen molar-refractivity contribution >= 4 is 11.6 Å². The summed E-state index contributed by atoms with van der Waals surface area (Å²) in [6, 6.07) is 11.7. The molecular weight excluding hydrogens is 300 g/mol. The summed E-state index contributed by atoms with van der Waals surface area (Å²) in [6.07, 6.45) is 3.31. The van der Waals surface area contributed by atoms with Gasteiger partial charge in [0.15, 0.2) is 5.82 Å². The number of rotatable bonds is 3. The van der Waals surface area contributed by atoms with Gasteiger partial charge in [-0.2, -0.15) is 5.10 Å². The molecule has 0 N–H and O–H groups in total. The quantitative estimate of drug-likeness (QED) is 0.742. The second-order valence-corrected chi connectivity index (χ2v) is 5.90. The molecule has 122 valence electrons. The summed E-state index contributed by atoms with van der Waals surface area (Å²) in [4.78, 5) is 18.9. The van der Waals surface area contributed by atoms with Crippen LogP contribution < -0.4 is 4.90 Å². The molecule has 0 atom stereocenters. The number of hydrogen-bond donors (Lipinski definition) is 0. The summed E-state index contributed by atoms with van der Waals surface area (Å²) in [7, 11) is 1.79. The summed E-state index contributed by atoms with van der Waals surface area (Å²) < 4.78 is 1.68. The number of aryl methyl sites for hydroxylation is 2. The SMILES string of the molecule is Cc1ccc(C)c(N(C)C(=O)c2cnn(-c3ccccn3)c2C)c1. The zero-order valence-electron chi connectivity index (χ0n) is 14.3.